The summed E-state index contributed by atoms with van der Waals surface area (Å²) in [7, 11) is 0. The van der Waals surface area contributed by atoms with E-state index in [-0.39, 0.29) is 17.1 Å². The highest BCUT2D eigenvalue weighted by Gasteiger charge is 2.14. The van der Waals surface area contributed by atoms with Crippen molar-refractivity contribution in [3.8, 4) is 23.8 Å². The molecule has 4 heteroatoms. The smallest absolute Gasteiger partial charge is 0.258 e. The maximum absolute atomic E-state index is 11.6. The van der Waals surface area contributed by atoms with Gasteiger partial charge in [0.1, 0.15) is 17.1 Å². The number of aromatic hydroxyl groups is 2. The quantitative estimate of drug-likeness (QED) is 0.535. The summed E-state index contributed by atoms with van der Waals surface area (Å²) in [6.07, 6.45) is 7.38. The zero-order chi connectivity index (χ0) is 12.7. The third-order valence-corrected chi connectivity index (χ3v) is 2.28. The lowest BCUT2D eigenvalue weighted by molar-refractivity contribution is 0.0947. The number of rotatable bonds is 5. The fourth-order valence-corrected chi connectivity index (χ4v) is 1.40. The van der Waals surface area contributed by atoms with Crippen LogP contribution in [0.15, 0.2) is 18.2 Å². The standard InChI is InChI=1S/C13H15NO3/c1-2-3-4-5-9-14-13(17)12-10(15)7-6-8-11(12)16/h1,6-8,15-16H,3-5,9H2,(H,14,17). The number of unbranched alkanes of at least 4 members (excludes halogenated alkanes) is 2. The van der Waals surface area contributed by atoms with Gasteiger partial charge in [0.05, 0.1) is 0 Å². The summed E-state index contributed by atoms with van der Waals surface area (Å²) in [6.45, 7) is 0.467. The number of nitrogens with one attached hydrogen (secondary N) is 1. The van der Waals surface area contributed by atoms with Crippen molar-refractivity contribution in [3.05, 3.63) is 23.8 Å². The molecule has 4 nitrogen and oxygen atoms in total. The van der Waals surface area contributed by atoms with Crippen LogP contribution < -0.4 is 5.32 Å². The molecule has 1 aromatic rings. The number of phenolic OH excluding ortho intramolecular Hbond substituents is 2. The Balaban J connectivity index is 2.51. The molecule has 1 amide bonds. The van der Waals surface area contributed by atoms with E-state index in [0.29, 0.717) is 13.0 Å². The molecule has 0 unspecified atom stereocenters. The zero-order valence-electron chi connectivity index (χ0n) is 9.44. The molecule has 1 rings (SSSR count). The Morgan fingerprint density at radius 1 is 1.29 bits per heavy atom. The second-order valence-electron chi connectivity index (χ2n) is 3.59. The number of carbonyl (C=O) groups excluding carboxylic acids is 1. The second-order valence-corrected chi connectivity index (χ2v) is 3.59. The number of terminal acetylenes is 1. The van der Waals surface area contributed by atoms with Crippen LogP contribution in [0.4, 0.5) is 0 Å². The van der Waals surface area contributed by atoms with Crippen LogP contribution in [0.1, 0.15) is 29.6 Å². The Hall–Kier alpha value is -2.15. The molecule has 0 aliphatic rings. The second kappa shape index (κ2) is 6.44. The summed E-state index contributed by atoms with van der Waals surface area (Å²) < 4.78 is 0. The van der Waals surface area contributed by atoms with Crippen molar-refractivity contribution in [2.45, 2.75) is 19.3 Å². The number of hydrogen-bond acceptors (Lipinski definition) is 3. The molecule has 3 N–H and O–H groups in total. The lowest BCUT2D eigenvalue weighted by Gasteiger charge is -2.07. The largest absolute Gasteiger partial charge is 0.507 e. The van der Waals surface area contributed by atoms with Crippen LogP contribution in [0.3, 0.4) is 0 Å². The fraction of sp³-hybridized carbons (Fsp3) is 0.308. The molecule has 90 valence electrons. The maximum Gasteiger partial charge on any atom is 0.258 e. The summed E-state index contributed by atoms with van der Waals surface area (Å²) in [6, 6.07) is 4.17. The van der Waals surface area contributed by atoms with Crippen molar-refractivity contribution in [1.82, 2.24) is 5.32 Å². The highest BCUT2D eigenvalue weighted by molar-refractivity contribution is 5.99. The molecule has 0 heterocycles. The molecular weight excluding hydrogens is 218 g/mol. The summed E-state index contributed by atoms with van der Waals surface area (Å²) in [5.41, 5.74) is -0.0931. The molecule has 0 bridgehead atoms. The van der Waals surface area contributed by atoms with Gasteiger partial charge >= 0.3 is 0 Å². The normalized spacial score (nSPS) is 9.59. The van der Waals surface area contributed by atoms with Gasteiger partial charge in [-0.1, -0.05) is 6.07 Å². The van der Waals surface area contributed by atoms with Crippen LogP contribution in [0.25, 0.3) is 0 Å². The summed E-state index contributed by atoms with van der Waals surface area (Å²) in [5, 5.41) is 21.5. The Morgan fingerprint density at radius 3 is 2.53 bits per heavy atom. The van der Waals surface area contributed by atoms with Crippen LogP contribution in [0, 0.1) is 12.3 Å². The minimum Gasteiger partial charge on any atom is -0.507 e. The van der Waals surface area contributed by atoms with Gasteiger partial charge in [-0.3, -0.25) is 4.79 Å². The number of amides is 1. The van der Waals surface area contributed by atoms with E-state index in [1.807, 2.05) is 0 Å². The Bertz CT molecular complexity index is 415. The van der Waals surface area contributed by atoms with E-state index < -0.39 is 5.91 Å². The van der Waals surface area contributed by atoms with E-state index in [1.165, 1.54) is 18.2 Å². The molecular formula is C13H15NO3. The third-order valence-electron chi connectivity index (χ3n) is 2.28. The number of benzene rings is 1. The first-order valence-electron chi connectivity index (χ1n) is 5.39. The van der Waals surface area contributed by atoms with E-state index >= 15 is 0 Å². The third kappa shape index (κ3) is 3.72. The Kier molecular flexibility index (Phi) is 4.89. The molecule has 0 saturated heterocycles. The maximum atomic E-state index is 11.6. The van der Waals surface area contributed by atoms with Crippen molar-refractivity contribution < 1.29 is 15.0 Å². The predicted molar refractivity (Wildman–Crippen MR) is 64.8 cm³/mol. The molecule has 0 fully saturated rings. The van der Waals surface area contributed by atoms with E-state index in [9.17, 15) is 15.0 Å². The van der Waals surface area contributed by atoms with Gasteiger partial charge in [0.2, 0.25) is 0 Å². The topological polar surface area (TPSA) is 69.6 Å². The predicted octanol–water partition coefficient (Wildman–Crippen LogP) is 1.63. The fourth-order valence-electron chi connectivity index (χ4n) is 1.40. The summed E-state index contributed by atoms with van der Waals surface area (Å²) in [5.74, 6) is 1.57. The highest BCUT2D eigenvalue weighted by atomic mass is 16.3. The van der Waals surface area contributed by atoms with E-state index in [4.69, 9.17) is 6.42 Å². The molecule has 0 saturated carbocycles. The molecule has 17 heavy (non-hydrogen) atoms. The van der Waals surface area contributed by atoms with Gasteiger partial charge in [-0.15, -0.1) is 12.3 Å². The highest BCUT2D eigenvalue weighted by Crippen LogP contribution is 2.25. The van der Waals surface area contributed by atoms with Gasteiger partial charge in [-0.2, -0.15) is 0 Å². The molecule has 0 atom stereocenters. The van der Waals surface area contributed by atoms with Crippen molar-refractivity contribution in [3.63, 3.8) is 0 Å². The SMILES string of the molecule is C#CCCCCNC(=O)c1c(O)cccc1O. The van der Waals surface area contributed by atoms with Crippen molar-refractivity contribution in [2.75, 3.05) is 6.54 Å². The molecule has 0 radical (unpaired) electrons. The number of hydrogen-bond donors (Lipinski definition) is 3. The first-order chi connectivity index (χ1) is 8.16. The molecule has 1 aromatic carbocycles. The first-order valence-corrected chi connectivity index (χ1v) is 5.39. The number of carbonyl (C=O) groups is 1. The van der Waals surface area contributed by atoms with Crippen LogP contribution in [0.2, 0.25) is 0 Å². The van der Waals surface area contributed by atoms with Gasteiger partial charge in [0.15, 0.2) is 0 Å². The number of phenols is 2. The Morgan fingerprint density at radius 2 is 1.94 bits per heavy atom. The Labute approximate surface area is 100 Å². The van der Waals surface area contributed by atoms with Gasteiger partial charge in [-0.25, -0.2) is 0 Å². The van der Waals surface area contributed by atoms with Crippen LogP contribution >= 0.6 is 0 Å². The monoisotopic (exact) mass is 233 g/mol. The average Bonchev–Trinajstić information content (AvgIpc) is 2.28. The molecule has 0 spiro atoms. The van der Waals surface area contributed by atoms with Crippen LogP contribution in [-0.4, -0.2) is 22.7 Å². The van der Waals surface area contributed by atoms with Crippen molar-refractivity contribution in [2.24, 2.45) is 0 Å². The van der Waals surface area contributed by atoms with Gasteiger partial charge in [0.25, 0.3) is 5.91 Å². The summed E-state index contributed by atoms with van der Waals surface area (Å²) in [4.78, 5) is 11.6. The van der Waals surface area contributed by atoms with Crippen LogP contribution in [-0.2, 0) is 0 Å². The van der Waals surface area contributed by atoms with E-state index in [1.54, 1.807) is 0 Å². The van der Waals surface area contributed by atoms with Crippen molar-refractivity contribution >= 4 is 5.91 Å². The first kappa shape index (κ1) is 12.9. The van der Waals surface area contributed by atoms with Crippen LogP contribution in [0.5, 0.6) is 11.5 Å². The minimum atomic E-state index is -0.485. The zero-order valence-corrected chi connectivity index (χ0v) is 9.44. The lowest BCUT2D eigenvalue weighted by atomic mass is 10.1. The van der Waals surface area contributed by atoms with Gasteiger partial charge < -0.3 is 15.5 Å². The molecule has 0 aromatic heterocycles. The van der Waals surface area contributed by atoms with Crippen molar-refractivity contribution in [1.29, 1.82) is 0 Å². The average molecular weight is 233 g/mol. The molecule has 0 aliphatic heterocycles. The van der Waals surface area contributed by atoms with Gasteiger partial charge in [0, 0.05) is 13.0 Å². The van der Waals surface area contributed by atoms with E-state index in [2.05, 4.69) is 11.2 Å². The van der Waals surface area contributed by atoms with Gasteiger partial charge in [-0.05, 0) is 25.0 Å². The summed E-state index contributed by atoms with van der Waals surface area (Å²) >= 11 is 0. The molecule has 0 aliphatic carbocycles. The lowest BCUT2D eigenvalue weighted by Crippen LogP contribution is -2.24. The minimum absolute atomic E-state index is 0.0931. The van der Waals surface area contributed by atoms with E-state index in [0.717, 1.165) is 12.8 Å².